The summed E-state index contributed by atoms with van der Waals surface area (Å²) in [6.45, 7) is 0. The van der Waals surface area contributed by atoms with Crippen LogP contribution in [0.4, 0.5) is 0 Å². The van der Waals surface area contributed by atoms with Gasteiger partial charge in [0.05, 0.1) is 12.2 Å². The van der Waals surface area contributed by atoms with E-state index in [1.807, 2.05) is 0 Å². The quantitative estimate of drug-likeness (QED) is 0.458. The summed E-state index contributed by atoms with van der Waals surface area (Å²) in [6.07, 6.45) is -3.58. The standard InChI is InChI=1S/C6H11ClO4/c7-2-3-1-4(8)5(9)6(10)11-3/h3-6,8-10H,1-2H2/t3?,4?,5-,6-/m0/s1. The van der Waals surface area contributed by atoms with E-state index in [1.165, 1.54) is 0 Å². The van der Waals surface area contributed by atoms with Crippen LogP contribution in [-0.2, 0) is 4.74 Å². The van der Waals surface area contributed by atoms with Gasteiger partial charge in [-0.15, -0.1) is 11.6 Å². The van der Waals surface area contributed by atoms with Gasteiger partial charge in [0.2, 0.25) is 0 Å². The van der Waals surface area contributed by atoms with Crippen molar-refractivity contribution in [3.63, 3.8) is 0 Å². The molecule has 0 bridgehead atoms. The van der Waals surface area contributed by atoms with E-state index in [-0.39, 0.29) is 18.4 Å². The minimum atomic E-state index is -1.32. The summed E-state index contributed by atoms with van der Waals surface area (Å²) in [4.78, 5) is 0. The largest absolute Gasteiger partial charge is 0.390 e. The fraction of sp³-hybridized carbons (Fsp3) is 1.00. The Hall–Kier alpha value is 0.130. The lowest BCUT2D eigenvalue weighted by molar-refractivity contribution is -0.242. The van der Waals surface area contributed by atoms with Crippen molar-refractivity contribution >= 4 is 11.6 Å². The number of aliphatic hydroxyl groups excluding tert-OH is 3. The second-order valence-corrected chi connectivity index (χ2v) is 2.91. The second-order valence-electron chi connectivity index (χ2n) is 2.60. The number of ether oxygens (including phenoxy) is 1. The lowest BCUT2D eigenvalue weighted by atomic mass is 10.0. The Bertz CT molecular complexity index is 120. The number of hydrogen-bond acceptors (Lipinski definition) is 4. The third kappa shape index (κ3) is 2.04. The van der Waals surface area contributed by atoms with Crippen molar-refractivity contribution in [1.82, 2.24) is 0 Å². The van der Waals surface area contributed by atoms with Crippen molar-refractivity contribution in [1.29, 1.82) is 0 Å². The molecule has 11 heavy (non-hydrogen) atoms. The molecule has 4 atom stereocenters. The zero-order valence-electron chi connectivity index (χ0n) is 5.85. The molecule has 0 spiro atoms. The molecular weight excluding hydrogens is 172 g/mol. The van der Waals surface area contributed by atoms with Gasteiger partial charge in [0.15, 0.2) is 6.29 Å². The molecule has 2 unspecified atom stereocenters. The van der Waals surface area contributed by atoms with E-state index in [0.717, 1.165) is 0 Å². The molecule has 66 valence electrons. The Balaban J connectivity index is 2.47. The highest BCUT2D eigenvalue weighted by Crippen LogP contribution is 2.19. The van der Waals surface area contributed by atoms with Gasteiger partial charge < -0.3 is 20.1 Å². The van der Waals surface area contributed by atoms with Crippen LogP contribution in [0.5, 0.6) is 0 Å². The van der Waals surface area contributed by atoms with Gasteiger partial charge in [-0.3, -0.25) is 0 Å². The third-order valence-corrected chi connectivity index (χ3v) is 2.04. The molecule has 1 rings (SSSR count). The predicted molar refractivity (Wildman–Crippen MR) is 38.2 cm³/mol. The molecule has 0 aliphatic carbocycles. The molecule has 1 fully saturated rings. The Morgan fingerprint density at radius 2 is 2.00 bits per heavy atom. The second kappa shape index (κ2) is 3.69. The van der Waals surface area contributed by atoms with E-state index in [0.29, 0.717) is 0 Å². The van der Waals surface area contributed by atoms with Crippen LogP contribution in [0, 0.1) is 0 Å². The SMILES string of the molecule is OC1CC(CCl)O[C@H](O)[C@H]1O. The van der Waals surface area contributed by atoms with Gasteiger partial charge in [-0.25, -0.2) is 0 Å². The number of hydrogen-bond donors (Lipinski definition) is 3. The normalized spacial score (nSPS) is 45.8. The van der Waals surface area contributed by atoms with Crippen molar-refractivity contribution in [3.05, 3.63) is 0 Å². The molecule has 3 N–H and O–H groups in total. The summed E-state index contributed by atoms with van der Waals surface area (Å²) >= 11 is 5.43. The highest BCUT2D eigenvalue weighted by atomic mass is 35.5. The zero-order valence-corrected chi connectivity index (χ0v) is 6.61. The highest BCUT2D eigenvalue weighted by molar-refractivity contribution is 6.18. The summed E-state index contributed by atoms with van der Waals surface area (Å²) < 4.78 is 4.83. The highest BCUT2D eigenvalue weighted by Gasteiger charge is 2.34. The first kappa shape index (κ1) is 9.22. The van der Waals surface area contributed by atoms with Crippen LogP contribution in [0.3, 0.4) is 0 Å². The molecule has 0 aromatic carbocycles. The maximum Gasteiger partial charge on any atom is 0.183 e. The molecule has 0 saturated carbocycles. The van der Waals surface area contributed by atoms with Crippen molar-refractivity contribution < 1.29 is 20.1 Å². The number of rotatable bonds is 1. The topological polar surface area (TPSA) is 69.9 Å². The van der Waals surface area contributed by atoms with Gasteiger partial charge in [0.25, 0.3) is 0 Å². The number of halogens is 1. The van der Waals surface area contributed by atoms with Crippen molar-refractivity contribution in [2.75, 3.05) is 5.88 Å². The molecule has 0 aromatic rings. The van der Waals surface area contributed by atoms with Gasteiger partial charge >= 0.3 is 0 Å². The van der Waals surface area contributed by atoms with Crippen molar-refractivity contribution in [2.45, 2.75) is 31.0 Å². The van der Waals surface area contributed by atoms with Crippen LogP contribution >= 0.6 is 11.6 Å². The molecule has 1 aliphatic heterocycles. The molecule has 1 aliphatic rings. The lowest BCUT2D eigenvalue weighted by Gasteiger charge is -2.33. The summed E-state index contributed by atoms with van der Waals surface area (Å²) in [5.74, 6) is 0.209. The van der Waals surface area contributed by atoms with Gasteiger partial charge in [0.1, 0.15) is 6.10 Å². The first-order chi connectivity index (χ1) is 5.15. The van der Waals surface area contributed by atoms with Crippen LogP contribution in [0.2, 0.25) is 0 Å². The summed E-state index contributed by atoms with van der Waals surface area (Å²) in [5.41, 5.74) is 0. The fourth-order valence-corrected chi connectivity index (χ4v) is 1.23. The molecule has 0 radical (unpaired) electrons. The molecular formula is C6H11ClO4. The van der Waals surface area contributed by atoms with Crippen molar-refractivity contribution in [3.8, 4) is 0 Å². The minimum absolute atomic E-state index is 0.209. The predicted octanol–water partition coefficient (Wildman–Crippen LogP) is -0.946. The van der Waals surface area contributed by atoms with Crippen LogP contribution < -0.4 is 0 Å². The monoisotopic (exact) mass is 182 g/mol. The molecule has 0 aromatic heterocycles. The number of alkyl halides is 1. The van der Waals surface area contributed by atoms with Crippen LogP contribution in [0.25, 0.3) is 0 Å². The van der Waals surface area contributed by atoms with Gasteiger partial charge in [-0.05, 0) is 0 Å². The summed E-state index contributed by atoms with van der Waals surface area (Å²) in [5, 5.41) is 27.1. The maximum absolute atomic E-state index is 9.10. The first-order valence-electron chi connectivity index (χ1n) is 3.40. The Kier molecular flexibility index (Phi) is 3.09. The molecule has 4 nitrogen and oxygen atoms in total. The van der Waals surface area contributed by atoms with Crippen LogP contribution in [0.15, 0.2) is 0 Å². The fourth-order valence-electron chi connectivity index (χ4n) is 1.03. The van der Waals surface area contributed by atoms with E-state index in [9.17, 15) is 0 Å². The molecule has 1 saturated heterocycles. The molecule has 5 heteroatoms. The molecule has 0 amide bonds. The number of aliphatic hydroxyl groups is 3. The van der Waals surface area contributed by atoms with Crippen LogP contribution in [0.1, 0.15) is 6.42 Å². The average Bonchev–Trinajstić information content (AvgIpc) is 1.99. The Morgan fingerprint density at radius 3 is 2.45 bits per heavy atom. The van der Waals surface area contributed by atoms with Crippen LogP contribution in [-0.4, -0.2) is 45.8 Å². The first-order valence-corrected chi connectivity index (χ1v) is 3.94. The Labute approximate surface area is 69.4 Å². The van der Waals surface area contributed by atoms with Gasteiger partial charge in [-0.1, -0.05) is 0 Å². The van der Waals surface area contributed by atoms with Gasteiger partial charge in [0, 0.05) is 12.3 Å². The molecule has 1 heterocycles. The third-order valence-electron chi connectivity index (χ3n) is 1.69. The summed E-state index contributed by atoms with van der Waals surface area (Å²) in [6, 6.07) is 0. The lowest BCUT2D eigenvalue weighted by Crippen LogP contribution is -2.48. The zero-order chi connectivity index (χ0) is 8.43. The maximum atomic E-state index is 9.10. The minimum Gasteiger partial charge on any atom is -0.390 e. The van der Waals surface area contributed by atoms with E-state index >= 15 is 0 Å². The van der Waals surface area contributed by atoms with E-state index in [4.69, 9.17) is 31.7 Å². The smallest absolute Gasteiger partial charge is 0.183 e. The van der Waals surface area contributed by atoms with E-state index in [2.05, 4.69) is 0 Å². The average molecular weight is 183 g/mol. The van der Waals surface area contributed by atoms with Gasteiger partial charge in [-0.2, -0.15) is 0 Å². The summed E-state index contributed by atoms with van der Waals surface area (Å²) in [7, 11) is 0. The van der Waals surface area contributed by atoms with E-state index < -0.39 is 18.5 Å². The van der Waals surface area contributed by atoms with Crippen molar-refractivity contribution in [2.24, 2.45) is 0 Å². The Morgan fingerprint density at radius 1 is 1.36 bits per heavy atom. The van der Waals surface area contributed by atoms with E-state index in [1.54, 1.807) is 0 Å².